The monoisotopic (exact) mass is 707 g/mol. The van der Waals surface area contributed by atoms with Crippen molar-refractivity contribution in [3.05, 3.63) is 175 Å². The fourth-order valence-electron chi connectivity index (χ4n) is 9.50. The molecule has 0 spiro atoms. The van der Waals surface area contributed by atoms with Gasteiger partial charge in [0.25, 0.3) is 0 Å². The van der Waals surface area contributed by atoms with Crippen LogP contribution >= 0.6 is 11.3 Å². The molecule has 0 unspecified atom stereocenters. The minimum atomic E-state index is -0.135. The zero-order chi connectivity index (χ0) is 35.7. The highest BCUT2D eigenvalue weighted by Gasteiger charge is 2.38. The van der Waals surface area contributed by atoms with E-state index in [1.165, 1.54) is 75.4 Å². The molecule has 0 bridgehead atoms. The Kier molecular flexibility index (Phi) is 6.03. The van der Waals surface area contributed by atoms with E-state index >= 15 is 0 Å². The topological polar surface area (TPSA) is 18.1 Å². The number of aromatic nitrogens is 1. The van der Waals surface area contributed by atoms with Crippen molar-refractivity contribution in [3.63, 3.8) is 0 Å². The van der Waals surface area contributed by atoms with E-state index in [0.717, 1.165) is 38.8 Å². The predicted octanol–water partition coefficient (Wildman–Crippen LogP) is 14.7. The van der Waals surface area contributed by atoms with E-state index in [4.69, 9.17) is 4.42 Å². The van der Waals surface area contributed by atoms with Crippen LogP contribution in [-0.4, -0.2) is 4.57 Å². The lowest BCUT2D eigenvalue weighted by Crippen LogP contribution is -2.15. The summed E-state index contributed by atoms with van der Waals surface area (Å²) >= 11 is 1.90. The summed E-state index contributed by atoms with van der Waals surface area (Å²) in [4.78, 5) is 0. The maximum atomic E-state index is 6.50. The van der Waals surface area contributed by atoms with Crippen LogP contribution in [0.25, 0.3) is 103 Å². The Morgan fingerprint density at radius 3 is 2.00 bits per heavy atom. The van der Waals surface area contributed by atoms with Gasteiger partial charge in [-0.15, -0.1) is 11.3 Å². The molecule has 54 heavy (non-hydrogen) atoms. The van der Waals surface area contributed by atoms with Crippen LogP contribution in [0.15, 0.2) is 168 Å². The van der Waals surface area contributed by atoms with Gasteiger partial charge in [0.2, 0.25) is 0 Å². The van der Waals surface area contributed by atoms with Crippen LogP contribution in [0.2, 0.25) is 0 Å². The van der Waals surface area contributed by atoms with Crippen molar-refractivity contribution in [2.45, 2.75) is 19.3 Å². The Balaban J connectivity index is 1.05. The molecule has 0 fully saturated rings. The fraction of sp³-hybridized carbons (Fsp3) is 0.0588. The molecule has 3 heterocycles. The zero-order valence-corrected chi connectivity index (χ0v) is 30.7. The van der Waals surface area contributed by atoms with E-state index in [0.29, 0.717) is 0 Å². The smallest absolute Gasteiger partial charge is 0.143 e. The molecule has 12 rings (SSSR count). The van der Waals surface area contributed by atoms with Crippen LogP contribution in [0, 0.1) is 0 Å². The molecule has 2 nitrogen and oxygen atoms in total. The van der Waals surface area contributed by atoms with Gasteiger partial charge in [0.15, 0.2) is 0 Å². The number of benzene rings is 8. The van der Waals surface area contributed by atoms with Gasteiger partial charge in [0.1, 0.15) is 11.2 Å². The lowest BCUT2D eigenvalue weighted by molar-refractivity contribution is 0.667. The Morgan fingerprint density at radius 1 is 0.481 bits per heavy atom. The first-order valence-corrected chi connectivity index (χ1v) is 19.5. The number of hydrogen-bond donors (Lipinski definition) is 0. The van der Waals surface area contributed by atoms with E-state index in [2.05, 4.69) is 176 Å². The Hall–Kier alpha value is -6.42. The van der Waals surface area contributed by atoms with Gasteiger partial charge < -0.3 is 8.98 Å². The predicted molar refractivity (Wildman–Crippen MR) is 229 cm³/mol. The van der Waals surface area contributed by atoms with Gasteiger partial charge in [0.05, 0.1) is 11.0 Å². The Morgan fingerprint density at radius 2 is 1.15 bits per heavy atom. The molecule has 8 aromatic carbocycles. The lowest BCUT2D eigenvalue weighted by Gasteiger charge is -2.23. The van der Waals surface area contributed by atoms with Crippen molar-refractivity contribution in [2.24, 2.45) is 0 Å². The summed E-state index contributed by atoms with van der Waals surface area (Å²) in [7, 11) is 0. The van der Waals surface area contributed by atoms with Gasteiger partial charge in [-0.1, -0.05) is 117 Å². The second kappa shape index (κ2) is 10.8. The van der Waals surface area contributed by atoms with Crippen molar-refractivity contribution < 1.29 is 4.42 Å². The number of rotatable bonds is 3. The molecule has 0 amide bonds. The van der Waals surface area contributed by atoms with E-state index in [-0.39, 0.29) is 5.41 Å². The fourth-order valence-corrected chi connectivity index (χ4v) is 10.6. The van der Waals surface area contributed by atoms with Crippen LogP contribution < -0.4 is 0 Å². The highest BCUT2D eigenvalue weighted by molar-refractivity contribution is 7.25. The first kappa shape index (κ1) is 30.1. The zero-order valence-electron chi connectivity index (χ0n) is 29.9. The summed E-state index contributed by atoms with van der Waals surface area (Å²) in [6, 6.07) is 60.2. The summed E-state index contributed by atoms with van der Waals surface area (Å²) in [6.45, 7) is 4.82. The van der Waals surface area contributed by atoms with Crippen molar-refractivity contribution in [1.29, 1.82) is 0 Å². The molecule has 0 saturated heterocycles. The molecular formula is C51H33NOS. The average molecular weight is 708 g/mol. The van der Waals surface area contributed by atoms with Gasteiger partial charge in [-0.05, 0) is 99.6 Å². The molecule has 0 atom stereocenters. The molecule has 0 N–H and O–H groups in total. The molecular weight excluding hydrogens is 675 g/mol. The SMILES string of the molecule is CC1(C)c2cc(-c3ccc4c(c3)c3cc(-c5cccc6c5oc5ccccc56)ccc3n4-c3ccccc3)ccc2-c2ccc3sc4ccccc4c3c21. The third kappa shape index (κ3) is 4.05. The first-order valence-electron chi connectivity index (χ1n) is 18.7. The summed E-state index contributed by atoms with van der Waals surface area (Å²) in [5.74, 6) is 0. The van der Waals surface area contributed by atoms with Gasteiger partial charge in [-0.2, -0.15) is 0 Å². The number of hydrogen-bond acceptors (Lipinski definition) is 2. The van der Waals surface area contributed by atoms with E-state index in [1.807, 2.05) is 17.4 Å². The van der Waals surface area contributed by atoms with Gasteiger partial charge >= 0.3 is 0 Å². The van der Waals surface area contributed by atoms with Crippen molar-refractivity contribution >= 4 is 75.3 Å². The molecule has 0 aliphatic heterocycles. The highest BCUT2D eigenvalue weighted by Crippen LogP contribution is 2.54. The third-order valence-electron chi connectivity index (χ3n) is 12.0. The second-order valence-electron chi connectivity index (χ2n) is 15.3. The summed E-state index contributed by atoms with van der Waals surface area (Å²) in [5.41, 5.74) is 15.5. The van der Waals surface area contributed by atoms with Crippen LogP contribution in [0.4, 0.5) is 0 Å². The van der Waals surface area contributed by atoms with Crippen LogP contribution in [0.5, 0.6) is 0 Å². The van der Waals surface area contributed by atoms with E-state index < -0.39 is 0 Å². The first-order chi connectivity index (χ1) is 26.5. The quantitative estimate of drug-likeness (QED) is 0.179. The van der Waals surface area contributed by atoms with Gasteiger partial charge in [-0.3, -0.25) is 0 Å². The number of nitrogens with zero attached hydrogens (tertiary/aromatic N) is 1. The largest absolute Gasteiger partial charge is 0.455 e. The summed E-state index contributed by atoms with van der Waals surface area (Å²) < 4.78 is 11.6. The average Bonchev–Trinajstić information content (AvgIpc) is 3.94. The molecule has 0 radical (unpaired) electrons. The summed E-state index contributed by atoms with van der Waals surface area (Å²) in [6.07, 6.45) is 0. The lowest BCUT2D eigenvalue weighted by atomic mass is 9.80. The van der Waals surface area contributed by atoms with Crippen molar-refractivity contribution in [3.8, 4) is 39.1 Å². The minimum absolute atomic E-state index is 0.135. The number of furan rings is 1. The number of thiophene rings is 1. The molecule has 0 saturated carbocycles. The van der Waals surface area contributed by atoms with Crippen LogP contribution in [-0.2, 0) is 5.41 Å². The number of para-hydroxylation sites is 3. The van der Waals surface area contributed by atoms with Gasteiger partial charge in [-0.25, -0.2) is 0 Å². The van der Waals surface area contributed by atoms with Gasteiger partial charge in [0, 0.05) is 58.4 Å². The molecule has 1 aliphatic carbocycles. The van der Waals surface area contributed by atoms with E-state index in [9.17, 15) is 0 Å². The van der Waals surface area contributed by atoms with Crippen LogP contribution in [0.1, 0.15) is 25.0 Å². The molecule has 3 aromatic heterocycles. The Bertz CT molecular complexity index is 3360. The normalized spacial score (nSPS) is 13.5. The number of fused-ring (bicyclic) bond motifs is 13. The standard InChI is InChI=1S/C51H33NOS/c1-51(2)42-29-31(19-22-35(42)37-23-26-47-48(49(37)51)39-14-7-9-18-46(39)54-47)30-20-24-43-40(27-30)41-28-32(21-25-44(41)52(43)33-11-4-3-5-12-33)34-15-10-16-38-36-13-6-8-17-45(36)53-50(34)38/h3-29H,1-2H3. The summed E-state index contributed by atoms with van der Waals surface area (Å²) in [5, 5.41) is 7.54. The van der Waals surface area contributed by atoms with E-state index in [1.54, 1.807) is 0 Å². The molecule has 254 valence electrons. The molecule has 1 aliphatic rings. The second-order valence-corrected chi connectivity index (χ2v) is 16.3. The van der Waals surface area contributed by atoms with Crippen molar-refractivity contribution in [2.75, 3.05) is 0 Å². The maximum absolute atomic E-state index is 6.50. The minimum Gasteiger partial charge on any atom is -0.455 e. The highest BCUT2D eigenvalue weighted by atomic mass is 32.1. The molecule has 11 aromatic rings. The van der Waals surface area contributed by atoms with Crippen LogP contribution in [0.3, 0.4) is 0 Å². The maximum Gasteiger partial charge on any atom is 0.143 e. The Labute approximate surface area is 316 Å². The van der Waals surface area contributed by atoms with Crippen molar-refractivity contribution in [1.82, 2.24) is 4.57 Å². The molecule has 3 heteroatoms. The third-order valence-corrected chi connectivity index (χ3v) is 13.1.